The van der Waals surface area contributed by atoms with Crippen LogP contribution in [0.1, 0.15) is 6.92 Å². The number of hydrogen-bond donors (Lipinski definition) is 0. The molecule has 29 heavy (non-hydrogen) atoms. The Hall–Kier alpha value is -2.30. The summed E-state index contributed by atoms with van der Waals surface area (Å²) >= 11 is 2.79. The van der Waals surface area contributed by atoms with Crippen molar-refractivity contribution < 1.29 is 22.7 Å². The van der Waals surface area contributed by atoms with Crippen molar-refractivity contribution in [3.05, 3.63) is 47.3 Å². The number of sulfonamides is 1. The summed E-state index contributed by atoms with van der Waals surface area (Å²) < 4.78 is 42.2. The van der Waals surface area contributed by atoms with E-state index < -0.39 is 16.0 Å². The van der Waals surface area contributed by atoms with Crippen LogP contribution >= 0.6 is 23.1 Å². The number of rotatable bonds is 7. The van der Waals surface area contributed by atoms with Gasteiger partial charge in [0.25, 0.3) is 10.0 Å². The number of esters is 1. The maximum Gasteiger partial charge on any atom is 0.326 e. The second-order valence-electron chi connectivity index (χ2n) is 5.85. The number of thiazole rings is 1. The first-order valence-electron chi connectivity index (χ1n) is 8.66. The predicted molar refractivity (Wildman–Crippen MR) is 114 cm³/mol. The Morgan fingerprint density at radius 1 is 1.21 bits per heavy atom. The number of fused-ring (bicyclic) bond motifs is 1. The van der Waals surface area contributed by atoms with Gasteiger partial charge in [-0.05, 0) is 55.6 Å². The molecule has 1 heterocycles. The van der Waals surface area contributed by atoms with Crippen molar-refractivity contribution in [1.29, 1.82) is 0 Å². The zero-order valence-electron chi connectivity index (χ0n) is 16.1. The number of carbonyl (C=O) groups is 1. The largest absolute Gasteiger partial charge is 0.497 e. The zero-order valence-corrected chi connectivity index (χ0v) is 18.6. The van der Waals surface area contributed by atoms with Crippen molar-refractivity contribution in [2.24, 2.45) is 4.40 Å². The molecule has 0 fully saturated rings. The molecule has 3 rings (SSSR count). The molecule has 0 spiro atoms. The minimum absolute atomic E-state index is 0.0447. The summed E-state index contributed by atoms with van der Waals surface area (Å²) in [5.74, 6) is 0.0946. The molecule has 0 aliphatic heterocycles. The van der Waals surface area contributed by atoms with Crippen molar-refractivity contribution in [1.82, 2.24) is 4.57 Å². The van der Waals surface area contributed by atoms with Crippen LogP contribution in [0.2, 0.25) is 0 Å². The van der Waals surface area contributed by atoms with Crippen LogP contribution in [0.15, 0.2) is 56.7 Å². The van der Waals surface area contributed by atoms with Gasteiger partial charge in [-0.3, -0.25) is 4.79 Å². The van der Waals surface area contributed by atoms with Crippen molar-refractivity contribution in [2.75, 3.05) is 20.0 Å². The number of thioether (sulfide) groups is 1. The number of nitrogens with zero attached hydrogens (tertiary/aromatic N) is 2. The lowest BCUT2D eigenvalue weighted by Gasteiger charge is -2.06. The molecule has 1 aromatic heterocycles. The fourth-order valence-electron chi connectivity index (χ4n) is 2.64. The molecule has 0 aliphatic rings. The Labute approximate surface area is 177 Å². The predicted octanol–water partition coefficient (Wildman–Crippen LogP) is 3.29. The molecule has 0 atom stereocenters. The minimum Gasteiger partial charge on any atom is -0.497 e. The van der Waals surface area contributed by atoms with Gasteiger partial charge in [0.05, 0.1) is 28.8 Å². The van der Waals surface area contributed by atoms with E-state index in [2.05, 4.69) is 4.40 Å². The number of methoxy groups -OCH3 is 1. The van der Waals surface area contributed by atoms with E-state index in [0.29, 0.717) is 5.75 Å². The highest BCUT2D eigenvalue weighted by atomic mass is 32.2. The monoisotopic (exact) mass is 452 g/mol. The van der Waals surface area contributed by atoms with Gasteiger partial charge in [0, 0.05) is 4.90 Å². The SMILES string of the molecule is CCOC(=O)Cn1/c(=N/S(=O)(=O)c2ccc(OC)cc2)sc2cc(SC)ccc21. The summed E-state index contributed by atoms with van der Waals surface area (Å²) in [6.45, 7) is 1.84. The van der Waals surface area contributed by atoms with Crippen molar-refractivity contribution >= 4 is 49.3 Å². The van der Waals surface area contributed by atoms with Crippen molar-refractivity contribution in [3.8, 4) is 5.75 Å². The normalized spacial score (nSPS) is 12.3. The van der Waals surface area contributed by atoms with E-state index in [9.17, 15) is 13.2 Å². The topological polar surface area (TPSA) is 87.0 Å². The van der Waals surface area contributed by atoms with Crippen LogP contribution in [-0.2, 0) is 26.1 Å². The van der Waals surface area contributed by atoms with Crippen LogP contribution in [0.3, 0.4) is 0 Å². The molecule has 10 heteroatoms. The second-order valence-corrected chi connectivity index (χ2v) is 9.34. The van der Waals surface area contributed by atoms with Crippen molar-refractivity contribution in [2.45, 2.75) is 23.3 Å². The third-order valence-electron chi connectivity index (χ3n) is 4.04. The Bertz CT molecular complexity index is 1190. The molecule has 0 unspecified atom stereocenters. The average molecular weight is 453 g/mol. The third kappa shape index (κ3) is 4.82. The number of ether oxygens (including phenoxy) is 2. The third-order valence-corrected chi connectivity index (χ3v) is 7.20. The Balaban J connectivity index is 2.15. The van der Waals surface area contributed by atoms with Gasteiger partial charge in [-0.25, -0.2) is 0 Å². The highest BCUT2D eigenvalue weighted by Gasteiger charge is 2.17. The molecule has 7 nitrogen and oxygen atoms in total. The molecule has 0 saturated heterocycles. The van der Waals surface area contributed by atoms with Crippen LogP contribution in [0.25, 0.3) is 10.2 Å². The summed E-state index contributed by atoms with van der Waals surface area (Å²) in [6, 6.07) is 11.7. The van der Waals surface area contributed by atoms with Gasteiger partial charge in [-0.1, -0.05) is 11.3 Å². The van der Waals surface area contributed by atoms with Gasteiger partial charge < -0.3 is 14.0 Å². The summed E-state index contributed by atoms with van der Waals surface area (Å²) in [5, 5.41) is 0. The molecular formula is C19H20N2O5S3. The van der Waals surface area contributed by atoms with Gasteiger partial charge in [-0.2, -0.15) is 8.42 Å². The summed E-state index contributed by atoms with van der Waals surface area (Å²) in [5.41, 5.74) is 0.726. The van der Waals surface area contributed by atoms with Crippen molar-refractivity contribution in [3.63, 3.8) is 0 Å². The van der Waals surface area contributed by atoms with Crippen LogP contribution in [-0.4, -0.2) is 38.9 Å². The molecule has 0 bridgehead atoms. The molecule has 0 N–H and O–H groups in total. The van der Waals surface area contributed by atoms with Gasteiger partial charge >= 0.3 is 5.97 Å². The van der Waals surface area contributed by atoms with Gasteiger partial charge in [0.2, 0.25) is 4.80 Å². The quantitative estimate of drug-likeness (QED) is 0.404. The van der Waals surface area contributed by atoms with E-state index >= 15 is 0 Å². The lowest BCUT2D eigenvalue weighted by Crippen LogP contribution is -2.23. The maximum absolute atomic E-state index is 12.8. The molecule has 0 radical (unpaired) electrons. The summed E-state index contributed by atoms with van der Waals surface area (Å²) in [7, 11) is -2.46. The maximum atomic E-state index is 12.8. The van der Waals surface area contributed by atoms with Gasteiger partial charge in [-0.15, -0.1) is 16.2 Å². The van der Waals surface area contributed by atoms with E-state index in [1.165, 1.54) is 30.6 Å². The second kappa shape index (κ2) is 9.02. The summed E-state index contributed by atoms with van der Waals surface area (Å²) in [4.78, 5) is 13.4. The van der Waals surface area contributed by atoms with E-state index in [0.717, 1.165) is 15.1 Å². The molecule has 0 amide bonds. The van der Waals surface area contributed by atoms with E-state index in [-0.39, 0.29) is 22.8 Å². The van der Waals surface area contributed by atoms with E-state index in [1.54, 1.807) is 35.4 Å². The first-order chi connectivity index (χ1) is 13.9. The lowest BCUT2D eigenvalue weighted by molar-refractivity contribution is -0.143. The molecular weight excluding hydrogens is 432 g/mol. The van der Waals surface area contributed by atoms with E-state index in [4.69, 9.17) is 9.47 Å². The first-order valence-corrected chi connectivity index (χ1v) is 12.1. The summed E-state index contributed by atoms with van der Waals surface area (Å²) in [6.07, 6.45) is 1.96. The lowest BCUT2D eigenvalue weighted by atomic mass is 10.3. The molecule has 3 aromatic rings. The molecule has 2 aromatic carbocycles. The standard InChI is InChI=1S/C19H20N2O5S3/c1-4-26-18(22)12-21-16-10-7-14(27-3)11-17(16)28-19(21)20-29(23,24)15-8-5-13(25-2)6-9-15/h5-11H,4,12H2,1-3H3/b20-19-. The fraction of sp³-hybridized carbons (Fsp3) is 0.263. The number of hydrogen-bond acceptors (Lipinski definition) is 7. The van der Waals surface area contributed by atoms with Crippen LogP contribution < -0.4 is 9.54 Å². The molecule has 154 valence electrons. The average Bonchev–Trinajstić information content (AvgIpc) is 3.03. The van der Waals surface area contributed by atoms with Gasteiger partial charge in [0.1, 0.15) is 12.3 Å². The number of benzene rings is 2. The smallest absolute Gasteiger partial charge is 0.326 e. The fourth-order valence-corrected chi connectivity index (χ4v) is 5.43. The molecule has 0 aliphatic carbocycles. The molecule has 0 saturated carbocycles. The Morgan fingerprint density at radius 3 is 2.55 bits per heavy atom. The zero-order chi connectivity index (χ0) is 21.0. The van der Waals surface area contributed by atoms with E-state index in [1.807, 2.05) is 24.5 Å². The number of carbonyl (C=O) groups excluding carboxylic acids is 1. The minimum atomic E-state index is -3.97. The first kappa shape index (κ1) is 21.4. The van der Waals surface area contributed by atoms with Crippen LogP contribution in [0, 0.1) is 0 Å². The van der Waals surface area contributed by atoms with Crippen LogP contribution in [0.5, 0.6) is 5.75 Å². The Morgan fingerprint density at radius 2 is 1.93 bits per heavy atom. The van der Waals surface area contributed by atoms with Gasteiger partial charge in [0.15, 0.2) is 0 Å². The highest BCUT2D eigenvalue weighted by molar-refractivity contribution is 7.98. The highest BCUT2D eigenvalue weighted by Crippen LogP contribution is 2.25. The Kier molecular flexibility index (Phi) is 6.66. The number of aromatic nitrogens is 1. The van der Waals surface area contributed by atoms with Crippen LogP contribution in [0.4, 0.5) is 0 Å².